The third kappa shape index (κ3) is 3.03. The van der Waals surface area contributed by atoms with Gasteiger partial charge in [0.15, 0.2) is 0 Å². The normalized spacial score (nSPS) is 11.6. The largest absolute Gasteiger partial charge is 0.417 e. The van der Waals surface area contributed by atoms with Crippen LogP contribution in [-0.2, 0) is 12.7 Å². The fourth-order valence-corrected chi connectivity index (χ4v) is 2.32. The summed E-state index contributed by atoms with van der Waals surface area (Å²) in [6.07, 6.45) is -1.25. The minimum Gasteiger partial charge on any atom is -0.348 e. The summed E-state index contributed by atoms with van der Waals surface area (Å²) in [5.74, 6) is -0.770. The highest BCUT2D eigenvalue weighted by atomic mass is 19.4. The summed E-state index contributed by atoms with van der Waals surface area (Å²) in [6, 6.07) is 10.2. The Hall–Kier alpha value is -2.83. The number of hydrogen-bond donors (Lipinski definition) is 1. The molecule has 1 N–H and O–H groups in total. The molecule has 0 fully saturated rings. The van der Waals surface area contributed by atoms with Gasteiger partial charge in [0, 0.05) is 18.3 Å². The Balaban J connectivity index is 1.81. The molecule has 0 bridgehead atoms. The number of carbonyl (C=O) groups excluding carboxylic acids is 1. The number of amides is 1. The summed E-state index contributed by atoms with van der Waals surface area (Å²) in [6.45, 7) is 0.0958. The first-order valence-electron chi connectivity index (χ1n) is 6.82. The third-order valence-electron chi connectivity index (χ3n) is 3.42. The highest BCUT2D eigenvalue weighted by molar-refractivity contribution is 5.95. The number of nitrogens with one attached hydrogen (secondary N) is 1. The monoisotopic (exact) mass is 319 g/mol. The van der Waals surface area contributed by atoms with Gasteiger partial charge in [-0.1, -0.05) is 18.2 Å². The maximum atomic E-state index is 12.9. The van der Waals surface area contributed by atoms with Crippen molar-refractivity contribution in [3.8, 4) is 0 Å². The van der Waals surface area contributed by atoms with Gasteiger partial charge in [0.05, 0.1) is 22.8 Å². The van der Waals surface area contributed by atoms with Crippen molar-refractivity contribution in [1.29, 1.82) is 0 Å². The number of carbonyl (C=O) groups is 1. The summed E-state index contributed by atoms with van der Waals surface area (Å²) in [5.41, 5.74) is 0.175. The molecular weight excluding hydrogens is 307 g/mol. The maximum Gasteiger partial charge on any atom is 0.417 e. The number of alkyl halides is 3. The lowest BCUT2D eigenvalue weighted by Gasteiger charge is -2.12. The van der Waals surface area contributed by atoms with Crippen LogP contribution in [-0.4, -0.2) is 15.5 Å². The van der Waals surface area contributed by atoms with E-state index in [0.29, 0.717) is 0 Å². The smallest absolute Gasteiger partial charge is 0.348 e. The minimum absolute atomic E-state index is 0.0958. The highest BCUT2D eigenvalue weighted by Gasteiger charge is 2.34. The molecule has 0 radical (unpaired) electrons. The molecule has 2 heterocycles. The van der Waals surface area contributed by atoms with Crippen molar-refractivity contribution in [2.75, 3.05) is 0 Å². The van der Waals surface area contributed by atoms with Crippen molar-refractivity contribution in [2.45, 2.75) is 12.7 Å². The molecular formula is C16H12F3N3O. The summed E-state index contributed by atoms with van der Waals surface area (Å²) in [7, 11) is 0. The van der Waals surface area contributed by atoms with Gasteiger partial charge in [-0.05, 0) is 24.3 Å². The van der Waals surface area contributed by atoms with Crippen molar-refractivity contribution < 1.29 is 18.0 Å². The lowest BCUT2D eigenvalue weighted by molar-refractivity contribution is -0.137. The predicted octanol–water partition coefficient (Wildman–Crippen LogP) is 3.28. The van der Waals surface area contributed by atoms with Gasteiger partial charge >= 0.3 is 6.18 Å². The molecule has 1 aromatic carbocycles. The van der Waals surface area contributed by atoms with E-state index in [-0.39, 0.29) is 6.54 Å². The molecule has 0 aliphatic heterocycles. The number of pyridine rings is 1. The van der Waals surface area contributed by atoms with E-state index >= 15 is 0 Å². The summed E-state index contributed by atoms with van der Waals surface area (Å²) in [5, 5.41) is 6.63. The molecule has 0 saturated carbocycles. The first-order valence-corrected chi connectivity index (χ1v) is 6.82. The van der Waals surface area contributed by atoms with Crippen LogP contribution in [0.3, 0.4) is 0 Å². The van der Waals surface area contributed by atoms with E-state index in [1.54, 1.807) is 16.9 Å². The molecule has 3 aromatic rings. The molecule has 1 amide bonds. The van der Waals surface area contributed by atoms with Crippen LogP contribution in [0.5, 0.6) is 0 Å². The Kier molecular flexibility index (Phi) is 3.77. The van der Waals surface area contributed by atoms with E-state index in [4.69, 9.17) is 0 Å². The van der Waals surface area contributed by atoms with Crippen LogP contribution < -0.4 is 5.32 Å². The van der Waals surface area contributed by atoms with Crippen molar-refractivity contribution >= 4 is 11.4 Å². The topological polar surface area (TPSA) is 46.4 Å². The number of benzene rings is 1. The summed E-state index contributed by atoms with van der Waals surface area (Å²) < 4.78 is 40.4. The molecule has 2 aromatic heterocycles. The van der Waals surface area contributed by atoms with E-state index in [2.05, 4.69) is 10.4 Å². The third-order valence-corrected chi connectivity index (χ3v) is 3.42. The van der Waals surface area contributed by atoms with Crippen LogP contribution in [0.1, 0.15) is 21.5 Å². The number of hydrogen-bond acceptors (Lipinski definition) is 2. The first kappa shape index (κ1) is 15.1. The van der Waals surface area contributed by atoms with E-state index < -0.39 is 23.2 Å². The zero-order valence-electron chi connectivity index (χ0n) is 11.8. The molecule has 7 heteroatoms. The molecule has 0 unspecified atom stereocenters. The van der Waals surface area contributed by atoms with Crippen molar-refractivity contribution in [1.82, 2.24) is 14.9 Å². The zero-order valence-corrected chi connectivity index (χ0v) is 11.8. The van der Waals surface area contributed by atoms with Crippen LogP contribution in [0.15, 0.2) is 54.9 Å². The molecule has 0 aliphatic rings. The van der Waals surface area contributed by atoms with E-state index in [0.717, 1.165) is 23.2 Å². The molecule has 0 atom stereocenters. The van der Waals surface area contributed by atoms with Gasteiger partial charge in [0.25, 0.3) is 5.91 Å². The van der Waals surface area contributed by atoms with E-state index in [9.17, 15) is 18.0 Å². The summed E-state index contributed by atoms with van der Waals surface area (Å²) >= 11 is 0. The fraction of sp³-hybridized carbons (Fsp3) is 0.125. The van der Waals surface area contributed by atoms with Gasteiger partial charge in [0.2, 0.25) is 0 Å². The van der Waals surface area contributed by atoms with Crippen LogP contribution >= 0.6 is 0 Å². The number of nitrogens with zero attached hydrogens (tertiary/aromatic N) is 2. The van der Waals surface area contributed by atoms with Gasteiger partial charge < -0.3 is 5.32 Å². The van der Waals surface area contributed by atoms with Crippen molar-refractivity contribution in [2.24, 2.45) is 0 Å². The fourth-order valence-electron chi connectivity index (χ4n) is 2.32. The molecule has 23 heavy (non-hydrogen) atoms. The van der Waals surface area contributed by atoms with Crippen LogP contribution in [0.25, 0.3) is 5.52 Å². The second-order valence-corrected chi connectivity index (χ2v) is 4.93. The van der Waals surface area contributed by atoms with Gasteiger partial charge in [-0.3, -0.25) is 4.79 Å². The molecule has 4 nitrogen and oxygen atoms in total. The number of fused-ring (bicyclic) bond motifs is 1. The number of halogens is 3. The van der Waals surface area contributed by atoms with E-state index in [1.807, 2.05) is 18.2 Å². The van der Waals surface area contributed by atoms with Gasteiger partial charge in [-0.2, -0.15) is 18.3 Å². The number of rotatable bonds is 3. The summed E-state index contributed by atoms with van der Waals surface area (Å²) in [4.78, 5) is 12.1. The maximum absolute atomic E-state index is 12.9. The van der Waals surface area contributed by atoms with Crippen LogP contribution in [0.4, 0.5) is 13.2 Å². The van der Waals surface area contributed by atoms with Crippen LogP contribution in [0, 0.1) is 0 Å². The average Bonchev–Trinajstić information content (AvgIpc) is 2.95. The second kappa shape index (κ2) is 5.75. The van der Waals surface area contributed by atoms with Gasteiger partial charge in [-0.25, -0.2) is 4.52 Å². The Bertz CT molecular complexity index is 855. The lowest BCUT2D eigenvalue weighted by atomic mass is 10.1. The second-order valence-electron chi connectivity index (χ2n) is 4.93. The highest BCUT2D eigenvalue weighted by Crippen LogP contribution is 2.31. The van der Waals surface area contributed by atoms with Crippen LogP contribution in [0.2, 0.25) is 0 Å². The lowest BCUT2D eigenvalue weighted by Crippen LogP contribution is -2.25. The van der Waals surface area contributed by atoms with E-state index in [1.165, 1.54) is 12.1 Å². The van der Waals surface area contributed by atoms with Gasteiger partial charge in [0.1, 0.15) is 0 Å². The molecule has 0 aliphatic carbocycles. The Morgan fingerprint density at radius 3 is 2.65 bits per heavy atom. The SMILES string of the molecule is O=C(NCc1cnn2ccccc12)c1ccccc1C(F)(F)F. The first-order chi connectivity index (χ1) is 11.0. The zero-order chi connectivity index (χ0) is 16.4. The average molecular weight is 319 g/mol. The molecule has 0 saturated heterocycles. The molecule has 118 valence electrons. The molecule has 3 rings (SSSR count). The Morgan fingerprint density at radius 2 is 1.87 bits per heavy atom. The molecule has 0 spiro atoms. The quantitative estimate of drug-likeness (QED) is 0.805. The van der Waals surface area contributed by atoms with Crippen molar-refractivity contribution in [3.05, 3.63) is 71.5 Å². The Morgan fingerprint density at radius 1 is 1.13 bits per heavy atom. The van der Waals surface area contributed by atoms with Crippen molar-refractivity contribution in [3.63, 3.8) is 0 Å². The standard InChI is InChI=1S/C16H12F3N3O/c17-16(18,19)13-6-2-1-5-12(13)15(23)20-9-11-10-21-22-8-4-3-7-14(11)22/h1-8,10H,9H2,(H,20,23). The number of aromatic nitrogens is 2. The minimum atomic E-state index is -4.57. The predicted molar refractivity (Wildman–Crippen MR) is 77.8 cm³/mol. The van der Waals surface area contributed by atoms with Gasteiger partial charge in [-0.15, -0.1) is 0 Å². The Labute approximate surface area is 129 Å².